The van der Waals surface area contributed by atoms with Crippen molar-refractivity contribution < 1.29 is 4.79 Å². The second kappa shape index (κ2) is 10.1. The molecule has 3 heterocycles. The number of fused-ring (bicyclic) bond motifs is 2. The van der Waals surface area contributed by atoms with Gasteiger partial charge in [-0.15, -0.1) is 0 Å². The molecule has 8 heteroatoms. The predicted octanol–water partition coefficient (Wildman–Crippen LogP) is 5.58. The van der Waals surface area contributed by atoms with Crippen molar-refractivity contribution in [2.45, 2.75) is 26.7 Å². The molecule has 6 rings (SSSR count). The van der Waals surface area contributed by atoms with Crippen LogP contribution in [0, 0.1) is 6.92 Å². The lowest BCUT2D eigenvalue weighted by Gasteiger charge is -2.35. The summed E-state index contributed by atoms with van der Waals surface area (Å²) in [6.45, 7) is 6.75. The predicted molar refractivity (Wildman–Crippen MR) is 152 cm³/mol. The lowest BCUT2D eigenvalue weighted by molar-refractivity contribution is 0.208. The minimum atomic E-state index is -0.0754. The van der Waals surface area contributed by atoms with Crippen LogP contribution < -0.4 is 10.2 Å². The van der Waals surface area contributed by atoms with Crippen molar-refractivity contribution >= 4 is 39.3 Å². The van der Waals surface area contributed by atoms with Gasteiger partial charge in [-0.25, -0.2) is 19.4 Å². The molecule has 1 saturated heterocycles. The number of anilines is 2. The molecule has 1 aliphatic heterocycles. The van der Waals surface area contributed by atoms with E-state index in [1.54, 1.807) is 0 Å². The minimum Gasteiger partial charge on any atom is -0.352 e. The van der Waals surface area contributed by atoms with Gasteiger partial charge in [0.25, 0.3) is 0 Å². The Kier molecular flexibility index (Phi) is 6.37. The fourth-order valence-electron chi connectivity index (χ4n) is 5.17. The molecule has 0 saturated carbocycles. The third-order valence-corrected chi connectivity index (χ3v) is 7.10. The number of nitrogens with one attached hydrogen (secondary N) is 1. The average Bonchev–Trinajstić information content (AvgIpc) is 3.29. The van der Waals surface area contributed by atoms with Gasteiger partial charge in [0.2, 0.25) is 0 Å². The van der Waals surface area contributed by atoms with Gasteiger partial charge in [0.15, 0.2) is 5.65 Å². The molecule has 0 aliphatic carbocycles. The number of piperazine rings is 1. The Morgan fingerprint density at radius 3 is 2.42 bits per heavy atom. The van der Waals surface area contributed by atoms with E-state index in [2.05, 4.69) is 29.3 Å². The summed E-state index contributed by atoms with van der Waals surface area (Å²) in [6, 6.07) is 24.1. The van der Waals surface area contributed by atoms with Crippen molar-refractivity contribution in [3.8, 4) is 5.69 Å². The maximum atomic E-state index is 13.2. The van der Waals surface area contributed by atoms with Crippen LogP contribution in [-0.4, -0.2) is 56.9 Å². The Labute approximate surface area is 221 Å². The SMILES string of the molecule is CCCc1nc(N2CCN(C(=O)Nc3cccc4ccccc34)CC2)c2c(C)nn(-c3ccccc3)c2n1. The maximum Gasteiger partial charge on any atom is 0.321 e. The Bertz CT molecular complexity index is 1600. The first-order valence-corrected chi connectivity index (χ1v) is 13.2. The Morgan fingerprint density at radius 2 is 1.63 bits per heavy atom. The van der Waals surface area contributed by atoms with E-state index in [0.29, 0.717) is 26.2 Å². The van der Waals surface area contributed by atoms with Gasteiger partial charge in [0, 0.05) is 38.0 Å². The Balaban J connectivity index is 1.25. The average molecular weight is 506 g/mol. The Morgan fingerprint density at radius 1 is 0.895 bits per heavy atom. The zero-order valence-electron chi connectivity index (χ0n) is 21.8. The number of benzene rings is 3. The number of nitrogens with zero attached hydrogens (tertiary/aromatic N) is 6. The van der Waals surface area contributed by atoms with Gasteiger partial charge in [-0.3, -0.25) is 0 Å². The molecule has 1 aliphatic rings. The second-order valence-electron chi connectivity index (χ2n) is 9.68. The van der Waals surface area contributed by atoms with Gasteiger partial charge >= 0.3 is 6.03 Å². The molecule has 1 N–H and O–H groups in total. The van der Waals surface area contributed by atoms with E-state index in [-0.39, 0.29) is 6.03 Å². The molecular formula is C30H31N7O. The minimum absolute atomic E-state index is 0.0754. The molecule has 0 atom stereocenters. The van der Waals surface area contributed by atoms with E-state index in [9.17, 15) is 4.79 Å². The first kappa shape index (κ1) is 23.9. The van der Waals surface area contributed by atoms with Crippen LogP contribution in [0.15, 0.2) is 72.8 Å². The second-order valence-corrected chi connectivity index (χ2v) is 9.68. The smallest absolute Gasteiger partial charge is 0.321 e. The van der Waals surface area contributed by atoms with Gasteiger partial charge in [-0.2, -0.15) is 5.10 Å². The number of para-hydroxylation sites is 1. The quantitative estimate of drug-likeness (QED) is 0.337. The summed E-state index contributed by atoms with van der Waals surface area (Å²) in [6.07, 6.45) is 1.76. The molecule has 0 unspecified atom stereocenters. The van der Waals surface area contributed by atoms with Gasteiger partial charge in [-0.1, -0.05) is 61.5 Å². The molecule has 8 nitrogen and oxygen atoms in total. The van der Waals surface area contributed by atoms with Gasteiger partial charge < -0.3 is 15.1 Å². The van der Waals surface area contributed by atoms with Crippen molar-refractivity contribution in [2.75, 3.05) is 36.4 Å². The van der Waals surface area contributed by atoms with E-state index >= 15 is 0 Å². The number of rotatable bonds is 5. The summed E-state index contributed by atoms with van der Waals surface area (Å²) in [4.78, 5) is 27.2. The number of hydrogen-bond acceptors (Lipinski definition) is 5. The van der Waals surface area contributed by atoms with Crippen molar-refractivity contribution in [1.82, 2.24) is 24.6 Å². The van der Waals surface area contributed by atoms with Crippen LogP contribution >= 0.6 is 0 Å². The van der Waals surface area contributed by atoms with Crippen LogP contribution in [0.1, 0.15) is 24.9 Å². The summed E-state index contributed by atoms with van der Waals surface area (Å²) in [5.74, 6) is 1.73. The van der Waals surface area contributed by atoms with Gasteiger partial charge in [0.05, 0.1) is 22.5 Å². The summed E-state index contributed by atoms with van der Waals surface area (Å²) in [7, 11) is 0. The number of carbonyl (C=O) groups is 1. The first-order valence-electron chi connectivity index (χ1n) is 13.2. The van der Waals surface area contributed by atoms with Crippen molar-refractivity contribution in [2.24, 2.45) is 0 Å². The molecule has 0 radical (unpaired) electrons. The first-order chi connectivity index (χ1) is 18.6. The third-order valence-electron chi connectivity index (χ3n) is 7.10. The normalized spacial score (nSPS) is 13.8. The standard InChI is InChI=1S/C30H31N7O/c1-3-10-26-32-28(27-21(2)34-37(29(27)33-26)23-13-5-4-6-14-23)35-17-19-36(20-18-35)30(38)31-25-16-9-12-22-11-7-8-15-24(22)25/h4-9,11-16H,3,10,17-20H2,1-2H3,(H,31,38). The number of amides is 2. The third kappa shape index (κ3) is 4.42. The summed E-state index contributed by atoms with van der Waals surface area (Å²) < 4.78 is 1.92. The van der Waals surface area contributed by atoms with E-state index < -0.39 is 0 Å². The molecule has 1 fully saturated rings. The van der Waals surface area contributed by atoms with Crippen LogP contribution in [0.2, 0.25) is 0 Å². The monoisotopic (exact) mass is 505 g/mol. The molecule has 5 aromatic rings. The fraction of sp³-hybridized carbons (Fsp3) is 0.267. The van der Waals surface area contributed by atoms with Crippen molar-refractivity contribution in [3.63, 3.8) is 0 Å². The molecule has 0 bridgehead atoms. The molecule has 38 heavy (non-hydrogen) atoms. The molecular weight excluding hydrogens is 474 g/mol. The zero-order valence-corrected chi connectivity index (χ0v) is 21.8. The molecule has 2 aromatic heterocycles. The maximum absolute atomic E-state index is 13.2. The van der Waals surface area contributed by atoms with Gasteiger partial charge in [-0.05, 0) is 36.9 Å². The number of urea groups is 1. The number of aromatic nitrogens is 4. The summed E-state index contributed by atoms with van der Waals surface area (Å²) in [5, 5.41) is 11.1. The van der Waals surface area contributed by atoms with Crippen LogP contribution in [0.5, 0.6) is 0 Å². The number of carbonyl (C=O) groups excluding carboxylic acids is 1. The van der Waals surface area contributed by atoms with Crippen LogP contribution in [-0.2, 0) is 6.42 Å². The van der Waals surface area contributed by atoms with E-state index in [4.69, 9.17) is 15.1 Å². The van der Waals surface area contributed by atoms with Gasteiger partial charge in [0.1, 0.15) is 11.6 Å². The van der Waals surface area contributed by atoms with E-state index in [0.717, 1.165) is 63.4 Å². The summed E-state index contributed by atoms with van der Waals surface area (Å²) in [5.41, 5.74) is 3.55. The van der Waals surface area contributed by atoms with E-state index in [1.165, 1.54) is 0 Å². The molecule has 2 amide bonds. The zero-order chi connectivity index (χ0) is 26.1. The van der Waals surface area contributed by atoms with Crippen LogP contribution in [0.4, 0.5) is 16.3 Å². The molecule has 0 spiro atoms. The molecule has 3 aromatic carbocycles. The van der Waals surface area contributed by atoms with Crippen molar-refractivity contribution in [1.29, 1.82) is 0 Å². The van der Waals surface area contributed by atoms with E-state index in [1.807, 2.05) is 77.2 Å². The topological polar surface area (TPSA) is 79.2 Å². The van der Waals surface area contributed by atoms with Crippen LogP contribution in [0.3, 0.4) is 0 Å². The summed E-state index contributed by atoms with van der Waals surface area (Å²) >= 11 is 0. The highest BCUT2D eigenvalue weighted by Gasteiger charge is 2.26. The largest absolute Gasteiger partial charge is 0.352 e. The van der Waals surface area contributed by atoms with Crippen LogP contribution in [0.25, 0.3) is 27.5 Å². The lowest BCUT2D eigenvalue weighted by atomic mass is 10.1. The highest BCUT2D eigenvalue weighted by Crippen LogP contribution is 2.30. The Hall–Kier alpha value is -4.46. The van der Waals surface area contributed by atoms with Crippen molar-refractivity contribution in [3.05, 3.63) is 84.3 Å². The lowest BCUT2D eigenvalue weighted by Crippen LogP contribution is -2.50. The number of aryl methyl sites for hydroxylation is 2. The fourth-order valence-corrected chi connectivity index (χ4v) is 5.17. The highest BCUT2D eigenvalue weighted by molar-refractivity contribution is 6.01. The number of hydrogen-bond donors (Lipinski definition) is 1. The highest BCUT2D eigenvalue weighted by atomic mass is 16.2. The molecule has 192 valence electrons.